The van der Waals surface area contributed by atoms with E-state index in [4.69, 9.17) is 11.6 Å². The predicted octanol–water partition coefficient (Wildman–Crippen LogP) is 5.69. The molecule has 1 aliphatic rings. The summed E-state index contributed by atoms with van der Waals surface area (Å²) in [7, 11) is 0. The fraction of sp³-hybridized carbons (Fsp3) is 0.304. The maximum Gasteiger partial charge on any atom is 0.257 e. The van der Waals surface area contributed by atoms with E-state index in [9.17, 15) is 4.79 Å². The van der Waals surface area contributed by atoms with Crippen molar-refractivity contribution in [3.8, 4) is 0 Å². The summed E-state index contributed by atoms with van der Waals surface area (Å²) >= 11 is 6.27. The summed E-state index contributed by atoms with van der Waals surface area (Å²) in [6, 6.07) is 15.9. The number of aromatic nitrogens is 1. The molecule has 1 saturated heterocycles. The van der Waals surface area contributed by atoms with Crippen molar-refractivity contribution in [2.45, 2.75) is 32.2 Å². The maximum atomic E-state index is 13.3. The van der Waals surface area contributed by atoms with Crippen LogP contribution in [0, 0.1) is 0 Å². The number of fused-ring (bicyclic) bond motifs is 1. The minimum absolute atomic E-state index is 0.0387. The summed E-state index contributed by atoms with van der Waals surface area (Å²) in [5.41, 5.74) is 3.40. The number of anilines is 1. The molecule has 0 bridgehead atoms. The molecule has 0 saturated carbocycles. The number of nitrogens with zero attached hydrogens (tertiary/aromatic N) is 2. The third-order valence-electron chi connectivity index (χ3n) is 5.36. The minimum Gasteiger partial charge on any atom is -0.377 e. The molecule has 1 N–H and O–H groups in total. The highest BCUT2D eigenvalue weighted by molar-refractivity contribution is 6.31. The van der Waals surface area contributed by atoms with Gasteiger partial charge < -0.3 is 10.2 Å². The second-order valence-corrected chi connectivity index (χ2v) is 7.77. The van der Waals surface area contributed by atoms with Crippen LogP contribution in [0.5, 0.6) is 0 Å². The molecule has 0 radical (unpaired) electrons. The zero-order valence-corrected chi connectivity index (χ0v) is 16.7. The fourth-order valence-electron chi connectivity index (χ4n) is 3.79. The van der Waals surface area contributed by atoms with Gasteiger partial charge in [-0.3, -0.25) is 9.78 Å². The average Bonchev–Trinajstić information content (AvgIpc) is 2.75. The number of rotatable bonds is 4. The van der Waals surface area contributed by atoms with Crippen LogP contribution in [-0.2, 0) is 0 Å². The van der Waals surface area contributed by atoms with E-state index in [1.807, 2.05) is 41.3 Å². The van der Waals surface area contributed by atoms with E-state index in [-0.39, 0.29) is 11.9 Å². The van der Waals surface area contributed by atoms with Crippen molar-refractivity contribution in [2.24, 2.45) is 0 Å². The topological polar surface area (TPSA) is 45.2 Å². The third-order valence-corrected chi connectivity index (χ3v) is 5.60. The van der Waals surface area contributed by atoms with E-state index in [1.54, 1.807) is 6.20 Å². The molecule has 5 heteroatoms. The van der Waals surface area contributed by atoms with Gasteiger partial charge in [0.25, 0.3) is 5.91 Å². The van der Waals surface area contributed by atoms with Crippen LogP contribution in [0.4, 0.5) is 5.69 Å². The summed E-state index contributed by atoms with van der Waals surface area (Å²) in [5.74, 6) is 0.0387. The molecule has 144 valence electrons. The second-order valence-electron chi connectivity index (χ2n) is 7.34. The predicted molar refractivity (Wildman–Crippen MR) is 115 cm³/mol. The lowest BCUT2D eigenvalue weighted by Gasteiger charge is -2.28. The van der Waals surface area contributed by atoms with Gasteiger partial charge in [-0.15, -0.1) is 0 Å². The molecule has 2 aromatic carbocycles. The van der Waals surface area contributed by atoms with Crippen molar-refractivity contribution in [3.05, 3.63) is 70.9 Å². The first-order valence-electron chi connectivity index (χ1n) is 9.82. The van der Waals surface area contributed by atoms with Gasteiger partial charge in [-0.2, -0.15) is 0 Å². The number of piperidine rings is 1. The van der Waals surface area contributed by atoms with Gasteiger partial charge in [0.1, 0.15) is 0 Å². The smallest absolute Gasteiger partial charge is 0.257 e. The van der Waals surface area contributed by atoms with Gasteiger partial charge in [-0.05, 0) is 49.9 Å². The lowest BCUT2D eigenvalue weighted by atomic mass is 10.0. The van der Waals surface area contributed by atoms with Crippen LogP contribution in [0.1, 0.15) is 48.1 Å². The molecule has 0 aliphatic carbocycles. The number of benzene rings is 2. The van der Waals surface area contributed by atoms with Gasteiger partial charge in [0.05, 0.1) is 16.8 Å². The molecule has 2 heterocycles. The molecule has 1 atom stereocenters. The van der Waals surface area contributed by atoms with Crippen molar-refractivity contribution in [3.63, 3.8) is 0 Å². The molecule has 4 nitrogen and oxygen atoms in total. The third kappa shape index (κ3) is 3.83. The van der Waals surface area contributed by atoms with E-state index < -0.39 is 0 Å². The Bertz CT molecular complexity index is 984. The SMILES string of the molecule is C[C@@H](Nc1c(C(=O)N2CCCCC2)cnc2ccc(Cl)cc12)c1ccccc1. The van der Waals surface area contributed by atoms with E-state index in [0.29, 0.717) is 10.6 Å². The summed E-state index contributed by atoms with van der Waals surface area (Å²) in [5, 5.41) is 5.08. The normalized spacial score (nSPS) is 15.4. The highest BCUT2D eigenvalue weighted by atomic mass is 35.5. The van der Waals surface area contributed by atoms with Crippen molar-refractivity contribution >= 4 is 34.1 Å². The number of hydrogen-bond acceptors (Lipinski definition) is 3. The zero-order valence-electron chi connectivity index (χ0n) is 16.0. The van der Waals surface area contributed by atoms with Crippen LogP contribution in [0.3, 0.4) is 0 Å². The van der Waals surface area contributed by atoms with Crippen molar-refractivity contribution in [2.75, 3.05) is 18.4 Å². The Kier molecular flexibility index (Phi) is 5.49. The molecule has 1 aliphatic heterocycles. The highest BCUT2D eigenvalue weighted by Gasteiger charge is 2.23. The molecular weight excluding hydrogens is 370 g/mol. The second kappa shape index (κ2) is 8.19. The van der Waals surface area contributed by atoms with E-state index >= 15 is 0 Å². The van der Waals surface area contributed by atoms with Crippen LogP contribution in [0.2, 0.25) is 5.02 Å². The zero-order chi connectivity index (χ0) is 19.5. The van der Waals surface area contributed by atoms with Gasteiger partial charge in [0.2, 0.25) is 0 Å². The van der Waals surface area contributed by atoms with Gasteiger partial charge in [-0.25, -0.2) is 0 Å². The van der Waals surface area contributed by atoms with Gasteiger partial charge >= 0.3 is 0 Å². The molecule has 1 amide bonds. The molecular formula is C23H24ClN3O. The monoisotopic (exact) mass is 393 g/mol. The van der Waals surface area contributed by atoms with E-state index in [2.05, 4.69) is 29.4 Å². The van der Waals surface area contributed by atoms with Crippen LogP contribution < -0.4 is 5.32 Å². The van der Waals surface area contributed by atoms with Crippen LogP contribution in [-0.4, -0.2) is 28.9 Å². The highest BCUT2D eigenvalue weighted by Crippen LogP contribution is 2.32. The quantitative estimate of drug-likeness (QED) is 0.619. The lowest BCUT2D eigenvalue weighted by Crippen LogP contribution is -2.36. The minimum atomic E-state index is 0.0387. The number of halogens is 1. The number of pyridine rings is 1. The van der Waals surface area contributed by atoms with E-state index in [0.717, 1.165) is 48.1 Å². The lowest BCUT2D eigenvalue weighted by molar-refractivity contribution is 0.0725. The number of carbonyl (C=O) groups excluding carboxylic acids is 1. The van der Waals surface area contributed by atoms with Crippen LogP contribution >= 0.6 is 11.6 Å². The van der Waals surface area contributed by atoms with Gasteiger partial charge in [0, 0.05) is 35.7 Å². The molecule has 1 aromatic heterocycles. The first kappa shape index (κ1) is 18.8. The largest absolute Gasteiger partial charge is 0.377 e. The van der Waals surface area contributed by atoms with Gasteiger partial charge in [-0.1, -0.05) is 41.9 Å². The Labute approximate surface area is 170 Å². The van der Waals surface area contributed by atoms with Crippen molar-refractivity contribution < 1.29 is 4.79 Å². The Morgan fingerprint density at radius 3 is 2.61 bits per heavy atom. The number of carbonyl (C=O) groups is 1. The van der Waals surface area contributed by atoms with E-state index in [1.165, 1.54) is 6.42 Å². The maximum absolute atomic E-state index is 13.3. The summed E-state index contributed by atoms with van der Waals surface area (Å²) in [4.78, 5) is 19.8. The molecule has 4 rings (SSSR count). The number of nitrogens with one attached hydrogen (secondary N) is 1. The summed E-state index contributed by atoms with van der Waals surface area (Å²) < 4.78 is 0. The Balaban J connectivity index is 1.78. The molecule has 0 unspecified atom stereocenters. The standard InChI is InChI=1S/C23H24ClN3O/c1-16(17-8-4-2-5-9-17)26-22-19-14-18(24)10-11-21(19)25-15-20(22)23(28)27-12-6-3-7-13-27/h2,4-5,8-11,14-16H,3,6-7,12-13H2,1H3,(H,25,26)/t16-/m1/s1. The van der Waals surface area contributed by atoms with Crippen molar-refractivity contribution in [1.82, 2.24) is 9.88 Å². The number of likely N-dealkylation sites (tertiary alicyclic amines) is 1. The van der Waals surface area contributed by atoms with Crippen LogP contribution in [0.15, 0.2) is 54.7 Å². The summed E-state index contributed by atoms with van der Waals surface area (Å²) in [6.07, 6.45) is 5.00. The Hall–Kier alpha value is -2.59. The Morgan fingerprint density at radius 2 is 1.86 bits per heavy atom. The van der Waals surface area contributed by atoms with Crippen LogP contribution in [0.25, 0.3) is 10.9 Å². The van der Waals surface area contributed by atoms with Crippen molar-refractivity contribution in [1.29, 1.82) is 0 Å². The Morgan fingerprint density at radius 1 is 1.11 bits per heavy atom. The van der Waals surface area contributed by atoms with Gasteiger partial charge in [0.15, 0.2) is 0 Å². The number of amides is 1. The fourth-order valence-corrected chi connectivity index (χ4v) is 3.96. The first-order valence-corrected chi connectivity index (χ1v) is 10.2. The first-order chi connectivity index (χ1) is 13.6. The average molecular weight is 394 g/mol. The molecule has 28 heavy (non-hydrogen) atoms. The molecule has 3 aromatic rings. The molecule has 1 fully saturated rings. The molecule has 0 spiro atoms. The number of hydrogen-bond donors (Lipinski definition) is 1. The summed E-state index contributed by atoms with van der Waals surface area (Å²) in [6.45, 7) is 3.71.